The molecule has 2 aromatic carbocycles. The van der Waals surface area contributed by atoms with E-state index in [0.717, 1.165) is 11.3 Å². The second kappa shape index (κ2) is 7.20. The van der Waals surface area contributed by atoms with Gasteiger partial charge in [0, 0.05) is 41.6 Å². The molecular weight excluding hydrogens is 290 g/mol. The van der Waals surface area contributed by atoms with E-state index in [-0.39, 0.29) is 5.75 Å². The summed E-state index contributed by atoms with van der Waals surface area (Å²) >= 11 is 6.02. The van der Waals surface area contributed by atoms with Crippen LogP contribution in [-0.4, -0.2) is 19.3 Å². The highest BCUT2D eigenvalue weighted by Gasteiger charge is 2.10. The molecule has 0 unspecified atom stereocenters. The molecule has 0 bridgehead atoms. The molecule has 0 amide bonds. The lowest BCUT2D eigenvalue weighted by molar-refractivity contribution is 0.185. The molecule has 5 heteroatoms. The number of phenols is 1. The van der Waals surface area contributed by atoms with Crippen molar-refractivity contribution in [3.8, 4) is 11.5 Å². The van der Waals surface area contributed by atoms with Gasteiger partial charge in [0.2, 0.25) is 0 Å². The Morgan fingerprint density at radius 1 is 1.14 bits per heavy atom. The Balaban J connectivity index is 2.19. The van der Waals surface area contributed by atoms with Crippen LogP contribution in [0.3, 0.4) is 0 Å². The first kappa shape index (κ1) is 15.5. The molecule has 0 spiro atoms. The summed E-state index contributed by atoms with van der Waals surface area (Å²) in [5.74, 6) is 0.461. The Morgan fingerprint density at radius 3 is 2.62 bits per heavy atom. The zero-order valence-corrected chi connectivity index (χ0v) is 12.8. The fourth-order valence-corrected chi connectivity index (χ4v) is 2.31. The Bertz CT molecular complexity index is 616. The highest BCUT2D eigenvalue weighted by molar-refractivity contribution is 6.30. The standard InChI is InChI=1S/C16H18ClNO3/c1-20-10-11-5-3-4-6-14(11)18-9-12-7-13(17)8-15(21-2)16(12)19/h3-8,18-19H,9-10H2,1-2H3. The second-order valence-corrected chi connectivity index (χ2v) is 5.00. The monoisotopic (exact) mass is 307 g/mol. The van der Waals surface area contributed by atoms with Crippen molar-refractivity contribution in [3.63, 3.8) is 0 Å². The molecule has 21 heavy (non-hydrogen) atoms. The molecule has 0 heterocycles. The van der Waals surface area contributed by atoms with Crippen LogP contribution in [0.2, 0.25) is 5.02 Å². The molecule has 0 aromatic heterocycles. The van der Waals surface area contributed by atoms with E-state index in [0.29, 0.717) is 29.5 Å². The van der Waals surface area contributed by atoms with Gasteiger partial charge in [-0.15, -0.1) is 0 Å². The van der Waals surface area contributed by atoms with Gasteiger partial charge in [-0.25, -0.2) is 0 Å². The molecule has 0 aliphatic heterocycles. The number of nitrogens with one attached hydrogen (secondary N) is 1. The highest BCUT2D eigenvalue weighted by Crippen LogP contribution is 2.34. The summed E-state index contributed by atoms with van der Waals surface area (Å²) in [6.07, 6.45) is 0. The third kappa shape index (κ3) is 3.80. The molecule has 0 fully saturated rings. The third-order valence-electron chi connectivity index (χ3n) is 3.13. The van der Waals surface area contributed by atoms with Gasteiger partial charge in [-0.1, -0.05) is 29.8 Å². The summed E-state index contributed by atoms with van der Waals surface area (Å²) in [4.78, 5) is 0. The molecular formula is C16H18ClNO3. The maximum absolute atomic E-state index is 10.1. The van der Waals surface area contributed by atoms with Gasteiger partial charge in [0.15, 0.2) is 11.5 Å². The zero-order valence-electron chi connectivity index (χ0n) is 12.0. The lowest BCUT2D eigenvalue weighted by atomic mass is 10.1. The van der Waals surface area contributed by atoms with Crippen LogP contribution in [0.4, 0.5) is 5.69 Å². The fourth-order valence-electron chi connectivity index (χ4n) is 2.08. The number of anilines is 1. The average molecular weight is 308 g/mol. The highest BCUT2D eigenvalue weighted by atomic mass is 35.5. The number of rotatable bonds is 6. The first-order valence-electron chi connectivity index (χ1n) is 6.51. The third-order valence-corrected chi connectivity index (χ3v) is 3.34. The van der Waals surface area contributed by atoms with Crippen LogP contribution in [0.25, 0.3) is 0 Å². The van der Waals surface area contributed by atoms with Crippen molar-refractivity contribution in [3.05, 3.63) is 52.5 Å². The topological polar surface area (TPSA) is 50.7 Å². The van der Waals surface area contributed by atoms with Gasteiger partial charge in [-0.3, -0.25) is 0 Å². The van der Waals surface area contributed by atoms with Gasteiger partial charge >= 0.3 is 0 Å². The van der Waals surface area contributed by atoms with Crippen molar-refractivity contribution in [2.24, 2.45) is 0 Å². The normalized spacial score (nSPS) is 10.4. The van der Waals surface area contributed by atoms with E-state index in [9.17, 15) is 5.11 Å². The SMILES string of the molecule is COCc1ccccc1NCc1cc(Cl)cc(OC)c1O. The van der Waals surface area contributed by atoms with Crippen LogP contribution in [0.1, 0.15) is 11.1 Å². The van der Waals surface area contributed by atoms with Crippen molar-refractivity contribution in [2.45, 2.75) is 13.2 Å². The zero-order chi connectivity index (χ0) is 15.2. The van der Waals surface area contributed by atoms with Gasteiger partial charge in [0.1, 0.15) is 0 Å². The number of phenolic OH excluding ortho intramolecular Hbond substituents is 1. The fraction of sp³-hybridized carbons (Fsp3) is 0.250. The predicted molar refractivity (Wildman–Crippen MR) is 84.2 cm³/mol. The molecule has 112 valence electrons. The van der Waals surface area contributed by atoms with Crippen molar-refractivity contribution in [2.75, 3.05) is 19.5 Å². The van der Waals surface area contributed by atoms with Crippen LogP contribution in [0, 0.1) is 0 Å². The summed E-state index contributed by atoms with van der Waals surface area (Å²) in [6.45, 7) is 0.956. The van der Waals surface area contributed by atoms with Crippen LogP contribution >= 0.6 is 11.6 Å². The molecule has 4 nitrogen and oxygen atoms in total. The summed E-state index contributed by atoms with van der Waals surface area (Å²) < 4.78 is 10.3. The average Bonchev–Trinajstić information content (AvgIpc) is 2.49. The van der Waals surface area contributed by atoms with Gasteiger partial charge in [0.05, 0.1) is 13.7 Å². The van der Waals surface area contributed by atoms with Crippen LogP contribution in [0.5, 0.6) is 11.5 Å². The number of aromatic hydroxyl groups is 1. The minimum atomic E-state index is 0.0959. The molecule has 2 N–H and O–H groups in total. The van der Waals surface area contributed by atoms with Gasteiger partial charge in [-0.2, -0.15) is 0 Å². The quantitative estimate of drug-likeness (QED) is 0.852. The number of benzene rings is 2. The molecule has 0 saturated heterocycles. The van der Waals surface area contributed by atoms with Crippen molar-refractivity contribution < 1.29 is 14.6 Å². The molecule has 0 saturated carbocycles. The number of para-hydroxylation sites is 1. The molecule has 0 aliphatic carbocycles. The molecule has 0 radical (unpaired) electrons. The maximum Gasteiger partial charge on any atom is 0.162 e. The summed E-state index contributed by atoms with van der Waals surface area (Å²) in [6, 6.07) is 11.2. The maximum atomic E-state index is 10.1. The summed E-state index contributed by atoms with van der Waals surface area (Å²) in [7, 11) is 3.15. The van der Waals surface area contributed by atoms with E-state index in [1.165, 1.54) is 7.11 Å². The first-order valence-corrected chi connectivity index (χ1v) is 6.89. The Hall–Kier alpha value is -1.91. The largest absolute Gasteiger partial charge is 0.504 e. The van der Waals surface area contributed by atoms with Crippen molar-refractivity contribution in [1.82, 2.24) is 0 Å². The van der Waals surface area contributed by atoms with E-state index < -0.39 is 0 Å². The minimum Gasteiger partial charge on any atom is -0.504 e. The number of hydrogen-bond donors (Lipinski definition) is 2. The lowest BCUT2D eigenvalue weighted by Gasteiger charge is -2.14. The van der Waals surface area contributed by atoms with Gasteiger partial charge in [-0.05, 0) is 12.1 Å². The molecule has 2 aromatic rings. The number of methoxy groups -OCH3 is 2. The second-order valence-electron chi connectivity index (χ2n) is 4.56. The van der Waals surface area contributed by atoms with Crippen LogP contribution in [-0.2, 0) is 17.9 Å². The number of ether oxygens (including phenoxy) is 2. The van der Waals surface area contributed by atoms with E-state index in [1.54, 1.807) is 19.2 Å². The molecule has 2 rings (SSSR count). The number of halogens is 1. The van der Waals surface area contributed by atoms with E-state index in [2.05, 4.69) is 5.32 Å². The van der Waals surface area contributed by atoms with Crippen LogP contribution in [0.15, 0.2) is 36.4 Å². The van der Waals surface area contributed by atoms with Crippen molar-refractivity contribution in [1.29, 1.82) is 0 Å². The van der Waals surface area contributed by atoms with E-state index in [1.807, 2.05) is 24.3 Å². The molecule has 0 atom stereocenters. The first-order chi connectivity index (χ1) is 10.2. The molecule has 0 aliphatic rings. The minimum absolute atomic E-state index is 0.0959. The van der Waals surface area contributed by atoms with Gasteiger partial charge in [0.25, 0.3) is 0 Å². The van der Waals surface area contributed by atoms with Crippen LogP contribution < -0.4 is 10.1 Å². The smallest absolute Gasteiger partial charge is 0.162 e. The predicted octanol–water partition coefficient (Wildman–Crippen LogP) is 3.81. The van der Waals surface area contributed by atoms with E-state index >= 15 is 0 Å². The Morgan fingerprint density at radius 2 is 1.90 bits per heavy atom. The summed E-state index contributed by atoms with van der Waals surface area (Å²) in [5.41, 5.74) is 2.68. The van der Waals surface area contributed by atoms with Gasteiger partial charge < -0.3 is 19.9 Å². The van der Waals surface area contributed by atoms with Crippen molar-refractivity contribution >= 4 is 17.3 Å². The Kier molecular flexibility index (Phi) is 5.31. The Labute approximate surface area is 129 Å². The summed E-state index contributed by atoms with van der Waals surface area (Å²) in [5, 5.41) is 13.9. The number of hydrogen-bond acceptors (Lipinski definition) is 4. The van der Waals surface area contributed by atoms with E-state index in [4.69, 9.17) is 21.1 Å². The lowest BCUT2D eigenvalue weighted by Crippen LogP contribution is -2.04.